The Hall–Kier alpha value is -2.32. The van der Waals surface area contributed by atoms with Crippen LogP contribution in [0.4, 0.5) is 5.69 Å². The number of nitrogens with one attached hydrogen (secondary N) is 1. The third-order valence-electron chi connectivity index (χ3n) is 4.26. The van der Waals surface area contributed by atoms with Crippen molar-refractivity contribution in [1.82, 2.24) is 9.62 Å². The minimum Gasteiger partial charge on any atom is -0.438 e. The third-order valence-corrected chi connectivity index (χ3v) is 5.55. The first-order valence-electron chi connectivity index (χ1n) is 8.05. The highest BCUT2D eigenvalue weighted by Crippen LogP contribution is 2.20. The lowest BCUT2D eigenvalue weighted by atomic mass is 10.2. The van der Waals surface area contributed by atoms with Crippen molar-refractivity contribution in [2.24, 2.45) is 0 Å². The Bertz CT molecular complexity index is 868. The summed E-state index contributed by atoms with van der Waals surface area (Å²) in [6.45, 7) is 4.61. The van der Waals surface area contributed by atoms with Crippen molar-refractivity contribution in [1.29, 1.82) is 0 Å². The van der Waals surface area contributed by atoms with Gasteiger partial charge in [-0.25, -0.2) is 13.1 Å². The number of benzene rings is 1. The quantitative estimate of drug-likeness (QED) is 0.889. The van der Waals surface area contributed by atoms with Gasteiger partial charge in [-0.15, -0.1) is 0 Å². The van der Waals surface area contributed by atoms with Gasteiger partial charge in [-0.3, -0.25) is 4.79 Å². The van der Waals surface area contributed by atoms with E-state index in [1.165, 1.54) is 24.7 Å². The fourth-order valence-corrected chi connectivity index (χ4v) is 3.48. The predicted molar refractivity (Wildman–Crippen MR) is 94.2 cm³/mol. The second-order valence-electron chi connectivity index (χ2n) is 5.94. The van der Waals surface area contributed by atoms with Crippen molar-refractivity contribution in [3.05, 3.63) is 47.7 Å². The molecule has 0 radical (unpaired) electrons. The summed E-state index contributed by atoms with van der Waals surface area (Å²) in [7, 11) is -2.39. The van der Waals surface area contributed by atoms with Crippen LogP contribution < -0.4 is 9.62 Å². The van der Waals surface area contributed by atoms with Crippen molar-refractivity contribution in [2.45, 2.75) is 12.0 Å². The van der Waals surface area contributed by atoms with Crippen LogP contribution in [0.2, 0.25) is 0 Å². The molecule has 134 valence electrons. The Balaban J connectivity index is 1.66. The Morgan fingerprint density at radius 1 is 1.12 bits per heavy atom. The lowest BCUT2D eigenvalue weighted by Gasteiger charge is -2.35. The molecular weight excluding hydrogens is 342 g/mol. The van der Waals surface area contributed by atoms with Crippen LogP contribution in [0.25, 0.3) is 0 Å². The average Bonchev–Trinajstić information content (AvgIpc) is 3.12. The minimum absolute atomic E-state index is 0.0397. The number of nitrogens with zero attached hydrogens (tertiary/aromatic N) is 2. The summed E-state index contributed by atoms with van der Waals surface area (Å²) in [6.07, 6.45) is 0. The SMILES string of the molecule is CNS(=O)(=O)c1ccc(C(=O)N2CCN(c3cccc(C)c3)CC2)o1. The average molecular weight is 363 g/mol. The van der Waals surface area contributed by atoms with E-state index in [2.05, 4.69) is 34.7 Å². The zero-order valence-electron chi connectivity index (χ0n) is 14.2. The summed E-state index contributed by atoms with van der Waals surface area (Å²) in [6, 6.07) is 11.0. The number of furan rings is 1. The van der Waals surface area contributed by atoms with Crippen LogP contribution in [0, 0.1) is 6.92 Å². The van der Waals surface area contributed by atoms with Crippen LogP contribution in [0.1, 0.15) is 16.1 Å². The molecule has 0 saturated carbocycles. The molecule has 1 saturated heterocycles. The Labute approximate surface area is 147 Å². The van der Waals surface area contributed by atoms with E-state index in [1.807, 2.05) is 6.07 Å². The lowest BCUT2D eigenvalue weighted by molar-refractivity contribution is 0.0709. The van der Waals surface area contributed by atoms with Crippen molar-refractivity contribution in [3.63, 3.8) is 0 Å². The molecule has 7 nitrogen and oxygen atoms in total. The van der Waals surface area contributed by atoms with Crippen molar-refractivity contribution < 1.29 is 17.6 Å². The predicted octanol–water partition coefficient (Wildman–Crippen LogP) is 1.46. The summed E-state index contributed by atoms with van der Waals surface area (Å²) in [5.74, 6) is -0.251. The molecule has 25 heavy (non-hydrogen) atoms. The van der Waals surface area contributed by atoms with Gasteiger partial charge in [0.15, 0.2) is 5.76 Å². The maximum Gasteiger partial charge on any atom is 0.289 e. The maximum absolute atomic E-state index is 12.5. The van der Waals surface area contributed by atoms with E-state index in [-0.39, 0.29) is 16.8 Å². The zero-order chi connectivity index (χ0) is 18.0. The van der Waals surface area contributed by atoms with Gasteiger partial charge in [0.25, 0.3) is 15.9 Å². The van der Waals surface area contributed by atoms with E-state index in [0.29, 0.717) is 13.1 Å². The molecule has 0 bridgehead atoms. The standard InChI is InChI=1S/C17H21N3O4S/c1-13-4-3-5-14(12-13)19-8-10-20(11-9-19)17(21)15-6-7-16(24-15)25(22,23)18-2/h3-7,12,18H,8-11H2,1-2H3. The van der Waals surface area contributed by atoms with E-state index in [1.54, 1.807) is 4.90 Å². The summed E-state index contributed by atoms with van der Waals surface area (Å²) < 4.78 is 30.8. The Kier molecular flexibility index (Phi) is 4.82. The first kappa shape index (κ1) is 17.5. The summed E-state index contributed by atoms with van der Waals surface area (Å²) in [5.41, 5.74) is 2.34. The van der Waals surface area contributed by atoms with Gasteiger partial charge in [-0.1, -0.05) is 12.1 Å². The molecule has 1 fully saturated rings. The molecule has 1 aromatic heterocycles. The summed E-state index contributed by atoms with van der Waals surface area (Å²) >= 11 is 0. The zero-order valence-corrected chi connectivity index (χ0v) is 15.0. The monoisotopic (exact) mass is 363 g/mol. The number of rotatable bonds is 4. The summed E-state index contributed by atoms with van der Waals surface area (Å²) in [4.78, 5) is 16.4. The normalized spacial score (nSPS) is 15.4. The first-order chi connectivity index (χ1) is 11.9. The van der Waals surface area contributed by atoms with Gasteiger partial charge in [-0.05, 0) is 43.8 Å². The topological polar surface area (TPSA) is 82.9 Å². The number of amides is 1. The van der Waals surface area contributed by atoms with E-state index in [9.17, 15) is 13.2 Å². The fraction of sp³-hybridized carbons (Fsp3) is 0.353. The molecule has 0 spiro atoms. The molecule has 8 heteroatoms. The number of carbonyl (C=O) groups is 1. The van der Waals surface area contributed by atoms with Gasteiger partial charge < -0.3 is 14.2 Å². The number of hydrogen-bond acceptors (Lipinski definition) is 5. The molecule has 3 rings (SSSR count). The molecule has 0 aliphatic carbocycles. The first-order valence-corrected chi connectivity index (χ1v) is 9.53. The van der Waals surface area contributed by atoms with Crippen LogP contribution in [0.3, 0.4) is 0 Å². The summed E-state index contributed by atoms with van der Waals surface area (Å²) in [5, 5.41) is -0.253. The van der Waals surface area contributed by atoms with Crippen LogP contribution >= 0.6 is 0 Å². The molecule has 2 heterocycles. The Morgan fingerprint density at radius 3 is 2.48 bits per heavy atom. The molecule has 0 unspecified atom stereocenters. The number of anilines is 1. The van der Waals surface area contributed by atoms with Gasteiger partial charge in [0.1, 0.15) is 0 Å². The minimum atomic E-state index is -3.69. The third kappa shape index (κ3) is 3.69. The van der Waals surface area contributed by atoms with Crippen LogP contribution in [-0.4, -0.2) is 52.5 Å². The molecule has 0 atom stereocenters. The maximum atomic E-state index is 12.5. The smallest absolute Gasteiger partial charge is 0.289 e. The Morgan fingerprint density at radius 2 is 1.84 bits per heavy atom. The van der Waals surface area contributed by atoms with E-state index in [0.717, 1.165) is 18.8 Å². The van der Waals surface area contributed by atoms with Crippen LogP contribution in [0.5, 0.6) is 0 Å². The molecule has 1 N–H and O–H groups in total. The molecule has 1 aromatic carbocycles. The number of carbonyl (C=O) groups excluding carboxylic acids is 1. The van der Waals surface area contributed by atoms with Gasteiger partial charge >= 0.3 is 0 Å². The van der Waals surface area contributed by atoms with E-state index in [4.69, 9.17) is 4.42 Å². The fourth-order valence-electron chi connectivity index (χ4n) is 2.83. The lowest BCUT2D eigenvalue weighted by Crippen LogP contribution is -2.48. The van der Waals surface area contributed by atoms with E-state index >= 15 is 0 Å². The van der Waals surface area contributed by atoms with Gasteiger partial charge in [0.2, 0.25) is 5.09 Å². The second kappa shape index (κ2) is 6.89. The number of sulfonamides is 1. The van der Waals surface area contributed by atoms with Crippen molar-refractivity contribution in [2.75, 3.05) is 38.1 Å². The van der Waals surface area contributed by atoms with Crippen LogP contribution in [-0.2, 0) is 10.0 Å². The van der Waals surface area contributed by atoms with Gasteiger partial charge in [-0.2, -0.15) is 0 Å². The van der Waals surface area contributed by atoms with Crippen molar-refractivity contribution >= 4 is 21.6 Å². The number of aryl methyl sites for hydroxylation is 1. The highest BCUT2D eigenvalue weighted by molar-refractivity contribution is 7.89. The number of piperazine rings is 1. The van der Waals surface area contributed by atoms with E-state index < -0.39 is 10.0 Å². The number of hydrogen-bond donors (Lipinski definition) is 1. The van der Waals surface area contributed by atoms with Crippen LogP contribution in [0.15, 0.2) is 45.9 Å². The largest absolute Gasteiger partial charge is 0.438 e. The van der Waals surface area contributed by atoms with Gasteiger partial charge in [0, 0.05) is 31.9 Å². The van der Waals surface area contributed by atoms with Crippen molar-refractivity contribution in [3.8, 4) is 0 Å². The molecule has 1 aliphatic rings. The molecule has 1 aliphatic heterocycles. The highest BCUT2D eigenvalue weighted by Gasteiger charge is 2.26. The van der Waals surface area contributed by atoms with Gasteiger partial charge in [0.05, 0.1) is 0 Å². The highest BCUT2D eigenvalue weighted by atomic mass is 32.2. The second-order valence-corrected chi connectivity index (χ2v) is 7.76. The molecular formula is C17H21N3O4S. The molecule has 2 aromatic rings. The molecule has 1 amide bonds.